The zero-order valence-electron chi connectivity index (χ0n) is 13.8. The van der Waals surface area contributed by atoms with Crippen molar-refractivity contribution in [2.75, 3.05) is 0 Å². The lowest BCUT2D eigenvalue weighted by Gasteiger charge is -2.14. The van der Waals surface area contributed by atoms with Gasteiger partial charge in [0.1, 0.15) is 0 Å². The number of fused-ring (bicyclic) bond motifs is 1. The highest BCUT2D eigenvalue weighted by atomic mass is 16.5. The van der Waals surface area contributed by atoms with Crippen LogP contribution in [0.5, 0.6) is 0 Å². The molecule has 2 aliphatic carbocycles. The summed E-state index contributed by atoms with van der Waals surface area (Å²) in [5, 5.41) is 28.2. The summed E-state index contributed by atoms with van der Waals surface area (Å²) in [6, 6.07) is 14.1. The van der Waals surface area contributed by atoms with Crippen LogP contribution in [0.2, 0.25) is 0 Å². The first kappa shape index (κ1) is 16.0. The van der Waals surface area contributed by atoms with Gasteiger partial charge in [-0.3, -0.25) is 0 Å². The lowest BCUT2D eigenvalue weighted by Crippen LogP contribution is -2.14. The van der Waals surface area contributed by atoms with Gasteiger partial charge in [-0.1, -0.05) is 54.6 Å². The molecule has 0 aliphatic heterocycles. The number of aliphatic hydroxyl groups is 3. The van der Waals surface area contributed by atoms with Crippen molar-refractivity contribution >= 4 is 17.2 Å². The maximum atomic E-state index is 9.45. The predicted octanol–water partition coefficient (Wildman–Crippen LogP) is 3.47. The van der Waals surface area contributed by atoms with E-state index in [4.69, 9.17) is 0 Å². The molecule has 2 aliphatic rings. The van der Waals surface area contributed by atoms with Crippen molar-refractivity contribution in [2.45, 2.75) is 25.2 Å². The van der Waals surface area contributed by atoms with E-state index in [0.717, 1.165) is 34.2 Å². The highest BCUT2D eigenvalue weighted by Gasteiger charge is 2.23. The Morgan fingerprint density at radius 2 is 1.92 bits per heavy atom. The summed E-state index contributed by atoms with van der Waals surface area (Å²) in [5.41, 5.74) is 7.61. The molecule has 0 saturated heterocycles. The SMILES string of the molecule is OCc1cccc(C2=CCC(c3ccc4c(c3)C=CC4C(O)O)=C2)c1. The lowest BCUT2D eigenvalue weighted by molar-refractivity contribution is -0.0490. The summed E-state index contributed by atoms with van der Waals surface area (Å²) in [5.74, 6) is -0.337. The number of aliphatic hydroxyl groups excluding tert-OH is 2. The normalized spacial score (nSPS) is 18.5. The number of hydrogen-bond donors (Lipinski definition) is 3. The number of rotatable bonds is 4. The van der Waals surface area contributed by atoms with Gasteiger partial charge in [-0.05, 0) is 57.5 Å². The minimum atomic E-state index is -1.36. The van der Waals surface area contributed by atoms with E-state index in [1.54, 1.807) is 0 Å². The Morgan fingerprint density at radius 1 is 1.04 bits per heavy atom. The molecule has 2 aromatic rings. The molecule has 0 fully saturated rings. The molecule has 3 nitrogen and oxygen atoms in total. The highest BCUT2D eigenvalue weighted by molar-refractivity contribution is 5.90. The second kappa shape index (κ2) is 6.45. The van der Waals surface area contributed by atoms with Crippen LogP contribution in [0.15, 0.2) is 60.7 Å². The van der Waals surface area contributed by atoms with Crippen LogP contribution in [0.25, 0.3) is 17.2 Å². The average molecular weight is 332 g/mol. The summed E-state index contributed by atoms with van der Waals surface area (Å²) in [7, 11) is 0. The molecule has 3 N–H and O–H groups in total. The van der Waals surface area contributed by atoms with Gasteiger partial charge in [-0.25, -0.2) is 0 Å². The molecule has 0 spiro atoms. The number of hydrogen-bond acceptors (Lipinski definition) is 3. The van der Waals surface area contributed by atoms with E-state index >= 15 is 0 Å². The maximum absolute atomic E-state index is 9.45. The molecule has 1 atom stereocenters. The molecule has 3 heteroatoms. The van der Waals surface area contributed by atoms with Crippen LogP contribution in [-0.2, 0) is 6.61 Å². The maximum Gasteiger partial charge on any atom is 0.161 e. The van der Waals surface area contributed by atoms with Gasteiger partial charge in [0.05, 0.1) is 12.5 Å². The molecule has 126 valence electrons. The van der Waals surface area contributed by atoms with Crippen molar-refractivity contribution < 1.29 is 15.3 Å². The fourth-order valence-corrected chi connectivity index (χ4v) is 3.57. The van der Waals surface area contributed by atoms with Crippen molar-refractivity contribution in [3.63, 3.8) is 0 Å². The van der Waals surface area contributed by atoms with E-state index in [2.05, 4.69) is 24.3 Å². The topological polar surface area (TPSA) is 60.7 Å². The van der Waals surface area contributed by atoms with E-state index in [9.17, 15) is 15.3 Å². The summed E-state index contributed by atoms with van der Waals surface area (Å²) in [6.07, 6.45) is 7.70. The smallest absolute Gasteiger partial charge is 0.161 e. The molecule has 0 bridgehead atoms. The van der Waals surface area contributed by atoms with E-state index in [0.29, 0.717) is 0 Å². The Morgan fingerprint density at radius 3 is 2.72 bits per heavy atom. The highest BCUT2D eigenvalue weighted by Crippen LogP contribution is 2.37. The Kier molecular flexibility index (Phi) is 4.14. The zero-order chi connectivity index (χ0) is 17.4. The molecule has 1 unspecified atom stereocenters. The van der Waals surface area contributed by atoms with Crippen LogP contribution >= 0.6 is 0 Å². The van der Waals surface area contributed by atoms with Crippen molar-refractivity contribution in [1.82, 2.24) is 0 Å². The average Bonchev–Trinajstić information content (AvgIpc) is 3.28. The number of benzene rings is 2. The van der Waals surface area contributed by atoms with Crippen LogP contribution < -0.4 is 0 Å². The van der Waals surface area contributed by atoms with Gasteiger partial charge >= 0.3 is 0 Å². The molecule has 4 rings (SSSR count). The third-order valence-electron chi connectivity index (χ3n) is 4.94. The van der Waals surface area contributed by atoms with Crippen molar-refractivity contribution in [3.05, 3.63) is 88.5 Å². The van der Waals surface area contributed by atoms with Crippen LogP contribution in [0.1, 0.15) is 40.2 Å². The minimum Gasteiger partial charge on any atom is -0.392 e. The minimum absolute atomic E-state index is 0.0483. The molecular weight excluding hydrogens is 312 g/mol. The quantitative estimate of drug-likeness (QED) is 0.751. The Bertz CT molecular complexity index is 903. The van der Waals surface area contributed by atoms with Crippen molar-refractivity contribution in [3.8, 4) is 0 Å². The molecule has 25 heavy (non-hydrogen) atoms. The van der Waals surface area contributed by atoms with E-state index < -0.39 is 6.29 Å². The molecule has 0 radical (unpaired) electrons. The predicted molar refractivity (Wildman–Crippen MR) is 99.4 cm³/mol. The molecular formula is C22H20O3. The first-order chi connectivity index (χ1) is 12.2. The first-order valence-electron chi connectivity index (χ1n) is 8.45. The third-order valence-corrected chi connectivity index (χ3v) is 4.94. The van der Waals surface area contributed by atoms with E-state index in [1.165, 1.54) is 11.1 Å². The van der Waals surface area contributed by atoms with Crippen molar-refractivity contribution in [2.24, 2.45) is 0 Å². The van der Waals surface area contributed by atoms with Gasteiger partial charge in [0, 0.05) is 0 Å². The Labute approximate surface area is 146 Å². The van der Waals surface area contributed by atoms with Crippen LogP contribution in [0, 0.1) is 0 Å². The van der Waals surface area contributed by atoms with Gasteiger partial charge < -0.3 is 15.3 Å². The summed E-state index contributed by atoms with van der Waals surface area (Å²) in [4.78, 5) is 0. The van der Waals surface area contributed by atoms with Crippen LogP contribution in [-0.4, -0.2) is 21.6 Å². The molecule has 0 saturated carbocycles. The molecule has 0 aromatic heterocycles. The lowest BCUT2D eigenvalue weighted by atomic mass is 9.95. The molecule has 2 aromatic carbocycles. The van der Waals surface area contributed by atoms with Crippen LogP contribution in [0.3, 0.4) is 0 Å². The number of allylic oxidation sites excluding steroid dienone is 4. The standard InChI is InChI=1S/C22H20O3/c23-13-14-2-1-3-15(10-14)16-4-5-17(11-16)18-6-8-20-19(12-18)7-9-21(20)22(24)25/h1-4,6-12,21-25H,5,13H2. The van der Waals surface area contributed by atoms with E-state index in [1.807, 2.05) is 42.5 Å². The monoisotopic (exact) mass is 332 g/mol. The van der Waals surface area contributed by atoms with Gasteiger partial charge in [-0.15, -0.1) is 0 Å². The van der Waals surface area contributed by atoms with Gasteiger partial charge in [0.15, 0.2) is 6.29 Å². The fourth-order valence-electron chi connectivity index (χ4n) is 3.57. The van der Waals surface area contributed by atoms with Crippen molar-refractivity contribution in [1.29, 1.82) is 0 Å². The summed E-state index contributed by atoms with van der Waals surface area (Å²) < 4.78 is 0. The van der Waals surface area contributed by atoms with Gasteiger partial charge in [0.2, 0.25) is 0 Å². The summed E-state index contributed by atoms with van der Waals surface area (Å²) >= 11 is 0. The second-order valence-corrected chi connectivity index (χ2v) is 6.53. The third kappa shape index (κ3) is 2.98. The zero-order valence-corrected chi connectivity index (χ0v) is 13.8. The second-order valence-electron chi connectivity index (χ2n) is 6.53. The largest absolute Gasteiger partial charge is 0.392 e. The van der Waals surface area contributed by atoms with Gasteiger partial charge in [0.25, 0.3) is 0 Å². The molecule has 0 heterocycles. The summed E-state index contributed by atoms with van der Waals surface area (Å²) in [6.45, 7) is 0.0483. The molecule has 0 amide bonds. The fraction of sp³-hybridized carbons (Fsp3) is 0.182. The van der Waals surface area contributed by atoms with E-state index in [-0.39, 0.29) is 12.5 Å². The Balaban J connectivity index is 1.61. The first-order valence-corrected chi connectivity index (χ1v) is 8.45. The Hall–Kier alpha value is -2.46. The van der Waals surface area contributed by atoms with Gasteiger partial charge in [-0.2, -0.15) is 0 Å². The van der Waals surface area contributed by atoms with Crippen LogP contribution in [0.4, 0.5) is 0 Å².